The Hall–Kier alpha value is -4.39. The number of nitrogen functional groups attached to an aromatic ring is 1. The topological polar surface area (TPSA) is 79.0 Å². The molecule has 2 aliphatic rings. The lowest BCUT2D eigenvalue weighted by Crippen LogP contribution is -2.36. The Kier molecular flexibility index (Phi) is 4.96. The van der Waals surface area contributed by atoms with Crippen LogP contribution in [-0.2, 0) is 6.54 Å². The van der Waals surface area contributed by atoms with Crippen LogP contribution in [0.3, 0.4) is 0 Å². The van der Waals surface area contributed by atoms with Crippen LogP contribution < -0.4 is 11.1 Å². The standard InChI is InChI=1S/C29H20F3N3O/c30-17-4-8-18(25(32)12-17)15-2-6-19-22(10-15)27-23-11-16(3-7-20(23)26(19)27)29(36)35-13-14-1-5-21(28(33)34)24(31)9-14/h1-12,26-27H,13H2,(H3,33,34)(H,35,36)/t26-,27?/m0/s1. The van der Waals surface area contributed by atoms with Gasteiger partial charge in [-0.2, -0.15) is 0 Å². The number of amidine groups is 1. The summed E-state index contributed by atoms with van der Waals surface area (Å²) in [6, 6.07) is 19.3. The van der Waals surface area contributed by atoms with Crippen LogP contribution in [0.1, 0.15) is 55.6 Å². The van der Waals surface area contributed by atoms with Crippen LogP contribution in [0.4, 0.5) is 13.2 Å². The molecule has 0 saturated heterocycles. The number of carbonyl (C=O) groups is 1. The summed E-state index contributed by atoms with van der Waals surface area (Å²) in [5.74, 6) is -2.05. The van der Waals surface area contributed by atoms with Crippen molar-refractivity contribution in [2.24, 2.45) is 5.73 Å². The molecule has 0 aliphatic heterocycles. The molecule has 7 heteroatoms. The van der Waals surface area contributed by atoms with Crippen LogP contribution in [0, 0.1) is 22.9 Å². The normalized spacial score (nSPS) is 16.6. The van der Waals surface area contributed by atoms with Crippen LogP contribution in [0.25, 0.3) is 11.1 Å². The molecule has 0 bridgehead atoms. The first-order chi connectivity index (χ1) is 17.3. The number of benzene rings is 4. The Morgan fingerprint density at radius 1 is 0.806 bits per heavy atom. The summed E-state index contributed by atoms with van der Waals surface area (Å²) >= 11 is 0. The lowest BCUT2D eigenvalue weighted by atomic mass is 9.52. The average Bonchev–Trinajstić information content (AvgIpc) is 2.82. The van der Waals surface area contributed by atoms with Gasteiger partial charge in [-0.05, 0) is 69.8 Å². The third-order valence-electron chi connectivity index (χ3n) is 7.13. The van der Waals surface area contributed by atoms with E-state index in [0.717, 1.165) is 17.2 Å². The Morgan fingerprint density at radius 2 is 1.53 bits per heavy atom. The summed E-state index contributed by atoms with van der Waals surface area (Å²) in [5, 5.41) is 10.2. The number of hydrogen-bond acceptors (Lipinski definition) is 2. The summed E-state index contributed by atoms with van der Waals surface area (Å²) < 4.78 is 41.7. The van der Waals surface area contributed by atoms with E-state index in [1.165, 1.54) is 35.4 Å². The van der Waals surface area contributed by atoms with E-state index >= 15 is 0 Å². The highest BCUT2D eigenvalue weighted by atomic mass is 19.1. The number of amides is 1. The molecule has 0 aromatic heterocycles. The van der Waals surface area contributed by atoms with E-state index in [9.17, 15) is 18.0 Å². The van der Waals surface area contributed by atoms with Crippen molar-refractivity contribution < 1.29 is 18.0 Å². The maximum Gasteiger partial charge on any atom is 0.251 e. The van der Waals surface area contributed by atoms with Crippen LogP contribution in [0.15, 0.2) is 72.8 Å². The molecule has 4 nitrogen and oxygen atoms in total. The monoisotopic (exact) mass is 483 g/mol. The van der Waals surface area contributed by atoms with Gasteiger partial charge >= 0.3 is 0 Å². The van der Waals surface area contributed by atoms with Crippen molar-refractivity contribution in [2.45, 2.75) is 18.4 Å². The summed E-state index contributed by atoms with van der Waals surface area (Å²) in [7, 11) is 0. The lowest BCUT2D eigenvalue weighted by Gasteiger charge is -2.50. The first kappa shape index (κ1) is 22.1. The van der Waals surface area contributed by atoms with Crippen LogP contribution in [-0.4, -0.2) is 11.7 Å². The van der Waals surface area contributed by atoms with E-state index in [0.29, 0.717) is 22.3 Å². The zero-order valence-corrected chi connectivity index (χ0v) is 18.9. The van der Waals surface area contributed by atoms with Crippen molar-refractivity contribution in [2.75, 3.05) is 0 Å². The predicted molar refractivity (Wildman–Crippen MR) is 131 cm³/mol. The highest BCUT2D eigenvalue weighted by Crippen LogP contribution is 2.63. The number of carbonyl (C=O) groups excluding carboxylic acids is 1. The second-order valence-electron chi connectivity index (χ2n) is 9.18. The molecule has 1 unspecified atom stereocenters. The highest BCUT2D eigenvalue weighted by molar-refractivity contribution is 5.96. The molecule has 1 amide bonds. The number of fused-ring (bicyclic) bond motifs is 7. The zero-order chi connectivity index (χ0) is 25.1. The van der Waals surface area contributed by atoms with E-state index in [2.05, 4.69) is 5.32 Å². The molecule has 4 aromatic carbocycles. The van der Waals surface area contributed by atoms with Gasteiger partial charge in [-0.1, -0.05) is 30.3 Å². The second-order valence-corrected chi connectivity index (χ2v) is 9.18. The predicted octanol–water partition coefficient (Wildman–Crippen LogP) is 5.58. The maximum absolute atomic E-state index is 14.3. The molecule has 0 fully saturated rings. The largest absolute Gasteiger partial charge is 0.384 e. The average molecular weight is 483 g/mol. The van der Waals surface area contributed by atoms with Crippen LogP contribution in [0.5, 0.6) is 0 Å². The third kappa shape index (κ3) is 3.39. The van der Waals surface area contributed by atoms with Gasteiger partial charge in [0, 0.05) is 35.6 Å². The molecule has 0 heterocycles. The van der Waals surface area contributed by atoms with Crippen LogP contribution >= 0.6 is 0 Å². The van der Waals surface area contributed by atoms with Gasteiger partial charge in [0.05, 0.1) is 5.56 Å². The van der Waals surface area contributed by atoms with Gasteiger partial charge in [0.1, 0.15) is 23.3 Å². The fourth-order valence-corrected chi connectivity index (χ4v) is 5.32. The molecule has 6 rings (SSSR count). The van der Waals surface area contributed by atoms with Gasteiger partial charge in [0.2, 0.25) is 0 Å². The molecule has 4 N–H and O–H groups in total. The number of nitrogens with one attached hydrogen (secondary N) is 2. The minimum Gasteiger partial charge on any atom is -0.384 e. The molecule has 0 saturated carbocycles. The number of halogens is 3. The Balaban J connectivity index is 1.20. The zero-order valence-electron chi connectivity index (χ0n) is 18.9. The molecule has 2 aliphatic carbocycles. The van der Waals surface area contributed by atoms with Crippen molar-refractivity contribution in [1.29, 1.82) is 5.41 Å². The molecule has 4 aromatic rings. The second kappa shape index (κ2) is 8.09. The molecule has 36 heavy (non-hydrogen) atoms. The number of hydrogen-bond donors (Lipinski definition) is 3. The quantitative estimate of drug-likeness (QED) is 0.256. The van der Waals surface area contributed by atoms with E-state index in [1.807, 2.05) is 30.3 Å². The fraction of sp³-hybridized carbons (Fsp3) is 0.103. The van der Waals surface area contributed by atoms with Crippen molar-refractivity contribution in [3.63, 3.8) is 0 Å². The first-order valence-electron chi connectivity index (χ1n) is 11.5. The SMILES string of the molecule is N=C(N)c1ccc(CNC(=O)c2ccc3c(c2)C2c4cc(-c5ccc(F)cc5F)ccc4[C@@H]32)cc1F. The molecular formula is C29H20F3N3O. The summed E-state index contributed by atoms with van der Waals surface area (Å²) in [5.41, 5.74) is 12.0. The van der Waals surface area contributed by atoms with Gasteiger partial charge in [0.25, 0.3) is 5.91 Å². The van der Waals surface area contributed by atoms with E-state index < -0.39 is 17.5 Å². The Labute approximate surface area is 205 Å². The van der Waals surface area contributed by atoms with Gasteiger partial charge in [0.15, 0.2) is 0 Å². The first-order valence-corrected chi connectivity index (χ1v) is 11.5. The number of nitrogens with two attached hydrogens (primary N) is 1. The Morgan fingerprint density at radius 3 is 2.25 bits per heavy atom. The van der Waals surface area contributed by atoms with Gasteiger partial charge in [-0.15, -0.1) is 0 Å². The van der Waals surface area contributed by atoms with Crippen molar-refractivity contribution in [1.82, 2.24) is 5.32 Å². The molecule has 0 radical (unpaired) electrons. The molecule has 0 spiro atoms. The van der Waals surface area contributed by atoms with Crippen molar-refractivity contribution in [3.05, 3.63) is 129 Å². The Bertz CT molecular complexity index is 1600. The van der Waals surface area contributed by atoms with E-state index in [4.69, 9.17) is 11.1 Å². The van der Waals surface area contributed by atoms with E-state index in [-0.39, 0.29) is 35.7 Å². The van der Waals surface area contributed by atoms with Crippen LogP contribution in [0.2, 0.25) is 0 Å². The molecule has 2 atom stereocenters. The van der Waals surface area contributed by atoms with Gasteiger partial charge in [-0.25, -0.2) is 13.2 Å². The lowest BCUT2D eigenvalue weighted by molar-refractivity contribution is 0.0950. The molecular weight excluding hydrogens is 463 g/mol. The minimum absolute atomic E-state index is 0.0214. The summed E-state index contributed by atoms with van der Waals surface area (Å²) in [4.78, 5) is 12.8. The van der Waals surface area contributed by atoms with Gasteiger partial charge in [-0.3, -0.25) is 10.2 Å². The highest BCUT2D eigenvalue weighted by Gasteiger charge is 2.49. The minimum atomic E-state index is -0.614. The summed E-state index contributed by atoms with van der Waals surface area (Å²) in [6.07, 6.45) is 0. The fourth-order valence-electron chi connectivity index (χ4n) is 5.32. The van der Waals surface area contributed by atoms with Crippen molar-refractivity contribution in [3.8, 4) is 11.1 Å². The maximum atomic E-state index is 14.3. The smallest absolute Gasteiger partial charge is 0.251 e. The molecule has 178 valence electrons. The van der Waals surface area contributed by atoms with E-state index in [1.54, 1.807) is 12.1 Å². The van der Waals surface area contributed by atoms with Crippen molar-refractivity contribution >= 4 is 11.7 Å². The van der Waals surface area contributed by atoms with Gasteiger partial charge < -0.3 is 11.1 Å². The third-order valence-corrected chi connectivity index (χ3v) is 7.13. The number of rotatable bonds is 5. The summed E-state index contributed by atoms with van der Waals surface area (Å²) in [6.45, 7) is 0.131.